The second-order valence-electron chi connectivity index (χ2n) is 17.1. The molecule has 1 heterocycles. The Morgan fingerprint density at radius 1 is 0.787 bits per heavy atom. The fraction of sp³-hybridized carbons (Fsp3) is 0.674. The lowest BCUT2D eigenvalue weighted by Crippen LogP contribution is -2.58. The number of esters is 2. The van der Waals surface area contributed by atoms with Crippen LogP contribution in [0.2, 0.25) is 0 Å². The fourth-order valence-electron chi connectivity index (χ4n) is 7.32. The second kappa shape index (κ2) is 24.6. The molecule has 11 atom stereocenters. The van der Waals surface area contributed by atoms with Crippen LogP contribution in [0.15, 0.2) is 42.0 Å². The van der Waals surface area contributed by atoms with Gasteiger partial charge in [-0.05, 0) is 57.4 Å². The first-order chi connectivity index (χ1) is 28.6. The minimum absolute atomic E-state index is 0.00927. The maximum absolute atomic E-state index is 14.2. The molecule has 0 aliphatic carbocycles. The molecule has 0 fully saturated rings. The quantitative estimate of drug-likeness (QED) is 0.306. The number of carbonyl (C=O) groups is 7. The SMILES string of the molecule is CCC[C@H](C)C1OC(=O)[C@H](C)N(C)C(=O)C([C@H](C)CC)NC(=O)CN(C)C(=O)[C@H](Cc2ccccc2)N(C)C(=O)[C@H](C)NC(=O)[C@@H]([C@@H](C)CC)OC(=O)/C(C)=C/C[C@H](O)[C@@H]1C. The van der Waals surface area contributed by atoms with Crippen LogP contribution in [0.3, 0.4) is 0 Å². The first kappa shape index (κ1) is 52.3. The van der Waals surface area contributed by atoms with Crippen molar-refractivity contribution >= 4 is 41.5 Å². The van der Waals surface area contributed by atoms with Crippen LogP contribution in [0, 0.1) is 23.7 Å². The molecule has 1 aliphatic rings. The van der Waals surface area contributed by atoms with Crippen molar-refractivity contribution in [1.82, 2.24) is 25.3 Å². The summed E-state index contributed by atoms with van der Waals surface area (Å²) in [6, 6.07) is 4.67. The van der Waals surface area contributed by atoms with Gasteiger partial charge in [0.25, 0.3) is 5.91 Å². The van der Waals surface area contributed by atoms with Crippen LogP contribution in [0.5, 0.6) is 0 Å². The Hall–Kier alpha value is -4.79. The van der Waals surface area contributed by atoms with Crippen molar-refractivity contribution in [3.8, 4) is 0 Å². The lowest BCUT2D eigenvalue weighted by molar-refractivity contribution is -0.166. The highest BCUT2D eigenvalue weighted by atomic mass is 16.6. The minimum Gasteiger partial charge on any atom is -0.460 e. The standard InChI is InChI=1S/C46H73N5O10/c1-14-20-29(6)39-31(8)36(52)24-23-30(7)45(58)61-40(28(5)16-3)41(54)47-32(9)42(55)51(13)35(25-34-21-18-17-19-22-34)43(56)49(11)26-37(53)48-38(27(4)15-2)44(57)50(12)33(10)46(59)60-39/h17-19,21-23,27-29,31-33,35-36,38-40,52H,14-16,20,24-26H2,1-13H3,(H,47,54)(H,48,53)/b30-23+/t27-,28+,29+,31+,32+,33+,35+,36+,38?,39?,40-/m1/s1. The molecular weight excluding hydrogens is 783 g/mol. The molecule has 0 saturated heterocycles. The molecule has 5 amide bonds. The van der Waals surface area contributed by atoms with Crippen molar-refractivity contribution < 1.29 is 48.1 Å². The fourth-order valence-corrected chi connectivity index (χ4v) is 7.32. The maximum atomic E-state index is 14.2. The summed E-state index contributed by atoms with van der Waals surface area (Å²) in [4.78, 5) is 101. The van der Waals surface area contributed by atoms with Crippen LogP contribution in [0.1, 0.15) is 107 Å². The molecule has 15 nitrogen and oxygen atoms in total. The van der Waals surface area contributed by atoms with E-state index in [9.17, 15) is 38.7 Å². The number of rotatable bonds is 9. The normalized spacial score (nSPS) is 29.1. The van der Waals surface area contributed by atoms with Gasteiger partial charge in [-0.25, -0.2) is 9.59 Å². The van der Waals surface area contributed by atoms with E-state index in [0.29, 0.717) is 19.3 Å². The van der Waals surface area contributed by atoms with E-state index in [2.05, 4.69) is 10.6 Å². The molecule has 2 rings (SSSR count). The third kappa shape index (κ3) is 14.7. The van der Waals surface area contributed by atoms with Gasteiger partial charge in [0.2, 0.25) is 23.6 Å². The van der Waals surface area contributed by atoms with Crippen molar-refractivity contribution in [2.45, 2.75) is 150 Å². The summed E-state index contributed by atoms with van der Waals surface area (Å²) in [7, 11) is 4.34. The molecule has 61 heavy (non-hydrogen) atoms. The zero-order valence-corrected chi connectivity index (χ0v) is 38.7. The zero-order valence-electron chi connectivity index (χ0n) is 38.7. The zero-order chi connectivity index (χ0) is 46.3. The minimum atomic E-state index is -1.26. The van der Waals surface area contributed by atoms with Gasteiger partial charge in [0.05, 0.1) is 12.6 Å². The molecule has 1 aliphatic heterocycles. The lowest BCUT2D eigenvalue weighted by atomic mass is 9.85. The summed E-state index contributed by atoms with van der Waals surface area (Å²) < 4.78 is 11.8. The molecule has 0 saturated carbocycles. The number of cyclic esters (lactones) is 2. The third-order valence-corrected chi connectivity index (χ3v) is 12.2. The van der Waals surface area contributed by atoms with Crippen LogP contribution in [0.25, 0.3) is 0 Å². The Labute approximate surface area is 363 Å². The summed E-state index contributed by atoms with van der Waals surface area (Å²) in [5.41, 5.74) is 0.893. The Bertz CT molecular complexity index is 1690. The molecule has 1 aromatic rings. The van der Waals surface area contributed by atoms with E-state index >= 15 is 0 Å². The summed E-state index contributed by atoms with van der Waals surface area (Å²) in [6.45, 7) is 17.0. The van der Waals surface area contributed by atoms with Gasteiger partial charge in [-0.2, -0.15) is 0 Å². The Kier molecular flexibility index (Phi) is 21.1. The van der Waals surface area contributed by atoms with Gasteiger partial charge in [0.15, 0.2) is 6.10 Å². The topological polar surface area (TPSA) is 192 Å². The number of aliphatic hydroxyl groups is 1. The number of nitrogens with one attached hydrogen (secondary N) is 2. The summed E-state index contributed by atoms with van der Waals surface area (Å²) in [6.07, 6.45) is 1.00. The first-order valence-corrected chi connectivity index (χ1v) is 21.8. The van der Waals surface area contributed by atoms with Gasteiger partial charge in [-0.1, -0.05) is 97.7 Å². The first-order valence-electron chi connectivity index (χ1n) is 21.8. The summed E-state index contributed by atoms with van der Waals surface area (Å²) >= 11 is 0. The van der Waals surface area contributed by atoms with Gasteiger partial charge in [0.1, 0.15) is 30.3 Å². The Morgan fingerprint density at radius 3 is 1.97 bits per heavy atom. The molecule has 2 unspecified atom stereocenters. The average molecular weight is 856 g/mol. The Balaban J connectivity index is 2.67. The molecule has 3 N–H and O–H groups in total. The van der Waals surface area contributed by atoms with Crippen molar-refractivity contribution in [2.75, 3.05) is 27.7 Å². The summed E-state index contributed by atoms with van der Waals surface area (Å²) in [5, 5.41) is 16.9. The van der Waals surface area contributed by atoms with Crippen molar-refractivity contribution in [2.24, 2.45) is 23.7 Å². The largest absolute Gasteiger partial charge is 0.460 e. The number of nitrogens with zero attached hydrogens (tertiary/aromatic N) is 3. The monoisotopic (exact) mass is 856 g/mol. The highest BCUT2D eigenvalue weighted by Crippen LogP contribution is 2.27. The number of hydrogen-bond acceptors (Lipinski definition) is 10. The summed E-state index contributed by atoms with van der Waals surface area (Å²) in [5.74, 6) is -6.03. The molecule has 0 bridgehead atoms. The van der Waals surface area contributed by atoms with E-state index < -0.39 is 102 Å². The van der Waals surface area contributed by atoms with Crippen molar-refractivity contribution in [3.05, 3.63) is 47.5 Å². The molecule has 1 aromatic carbocycles. The molecule has 0 spiro atoms. The number of hydrogen-bond donors (Lipinski definition) is 3. The lowest BCUT2D eigenvalue weighted by Gasteiger charge is -2.35. The van der Waals surface area contributed by atoms with E-state index in [1.54, 1.807) is 32.9 Å². The molecular formula is C46H73N5O10. The van der Waals surface area contributed by atoms with Gasteiger partial charge < -0.3 is 39.9 Å². The molecule has 15 heteroatoms. The highest BCUT2D eigenvalue weighted by Gasteiger charge is 2.39. The highest BCUT2D eigenvalue weighted by molar-refractivity contribution is 5.96. The van der Waals surface area contributed by atoms with Crippen LogP contribution in [-0.4, -0.2) is 131 Å². The van der Waals surface area contributed by atoms with Crippen molar-refractivity contribution in [3.63, 3.8) is 0 Å². The van der Waals surface area contributed by atoms with E-state index in [1.165, 1.54) is 62.7 Å². The maximum Gasteiger partial charge on any atom is 0.334 e. The van der Waals surface area contributed by atoms with Gasteiger partial charge in [0, 0.05) is 45.0 Å². The predicted octanol–water partition coefficient (Wildman–Crippen LogP) is 4.05. The van der Waals surface area contributed by atoms with Crippen LogP contribution >= 0.6 is 0 Å². The van der Waals surface area contributed by atoms with Gasteiger partial charge in [-0.3, -0.25) is 24.0 Å². The third-order valence-electron chi connectivity index (χ3n) is 12.2. The molecule has 342 valence electrons. The predicted molar refractivity (Wildman–Crippen MR) is 232 cm³/mol. The molecule has 0 radical (unpaired) electrons. The van der Waals surface area contributed by atoms with E-state index in [-0.39, 0.29) is 30.3 Å². The van der Waals surface area contributed by atoms with Crippen LogP contribution in [-0.2, 0) is 49.5 Å². The van der Waals surface area contributed by atoms with E-state index in [4.69, 9.17) is 9.47 Å². The number of benzene rings is 1. The van der Waals surface area contributed by atoms with E-state index in [1.807, 2.05) is 45.9 Å². The van der Waals surface area contributed by atoms with E-state index in [0.717, 1.165) is 12.0 Å². The number of aliphatic hydroxyl groups excluding tert-OH is 1. The number of carbonyl (C=O) groups excluding carboxylic acids is 7. The molecule has 0 aromatic heterocycles. The van der Waals surface area contributed by atoms with Gasteiger partial charge >= 0.3 is 11.9 Å². The van der Waals surface area contributed by atoms with Crippen molar-refractivity contribution in [1.29, 1.82) is 0 Å². The number of likely N-dealkylation sites (N-methyl/N-ethyl adjacent to an activating group) is 3. The average Bonchev–Trinajstić information content (AvgIpc) is 3.24. The number of amides is 5. The second-order valence-corrected chi connectivity index (χ2v) is 17.1. The Morgan fingerprint density at radius 2 is 1.39 bits per heavy atom. The van der Waals surface area contributed by atoms with Gasteiger partial charge in [-0.15, -0.1) is 0 Å². The van der Waals surface area contributed by atoms with Crippen LogP contribution in [0.4, 0.5) is 0 Å². The smallest absolute Gasteiger partial charge is 0.334 e. The van der Waals surface area contributed by atoms with Crippen LogP contribution < -0.4 is 10.6 Å². The number of ether oxygens (including phenoxy) is 2.